The number of benzene rings is 1. The molecule has 1 amide bonds. The Morgan fingerprint density at radius 1 is 1.29 bits per heavy atom. The third-order valence-corrected chi connectivity index (χ3v) is 5.33. The van der Waals surface area contributed by atoms with Gasteiger partial charge in [0.05, 0.1) is 11.9 Å². The van der Waals surface area contributed by atoms with E-state index in [-0.39, 0.29) is 5.91 Å². The van der Waals surface area contributed by atoms with Crippen molar-refractivity contribution in [2.45, 2.75) is 38.4 Å². The van der Waals surface area contributed by atoms with Gasteiger partial charge < -0.3 is 9.88 Å². The average molecular weight is 399 g/mol. The highest BCUT2D eigenvalue weighted by Gasteiger charge is 2.14. The van der Waals surface area contributed by atoms with Crippen LogP contribution in [0.1, 0.15) is 24.5 Å². The zero-order valence-corrected chi connectivity index (χ0v) is 17.4. The Labute approximate surface area is 169 Å². The van der Waals surface area contributed by atoms with Gasteiger partial charge in [0.15, 0.2) is 11.0 Å². The number of aryl methyl sites for hydroxylation is 3. The van der Waals surface area contributed by atoms with Gasteiger partial charge in [-0.05, 0) is 38.3 Å². The smallest absolute Gasteiger partial charge is 0.230 e. The second-order valence-corrected chi connectivity index (χ2v) is 7.63. The van der Waals surface area contributed by atoms with E-state index < -0.39 is 0 Å². The molecule has 148 valence electrons. The fourth-order valence-corrected chi connectivity index (χ4v) is 3.81. The predicted molar refractivity (Wildman–Crippen MR) is 111 cm³/mol. The van der Waals surface area contributed by atoms with Crippen LogP contribution in [-0.4, -0.2) is 42.7 Å². The van der Waals surface area contributed by atoms with Gasteiger partial charge in [-0.25, -0.2) is 0 Å². The van der Waals surface area contributed by atoms with Crippen LogP contribution >= 0.6 is 11.8 Å². The van der Waals surface area contributed by atoms with Gasteiger partial charge in [0.25, 0.3) is 0 Å². The summed E-state index contributed by atoms with van der Waals surface area (Å²) in [5.74, 6) is 1.18. The van der Waals surface area contributed by atoms with E-state index in [4.69, 9.17) is 0 Å². The topological polar surface area (TPSA) is 77.6 Å². The molecule has 0 aliphatic rings. The molecule has 3 rings (SSSR count). The Kier molecular flexibility index (Phi) is 6.86. The quantitative estimate of drug-likeness (QED) is 0.443. The van der Waals surface area contributed by atoms with Crippen molar-refractivity contribution in [1.29, 1.82) is 0 Å². The van der Waals surface area contributed by atoms with Crippen LogP contribution in [0.3, 0.4) is 0 Å². The molecule has 7 nitrogen and oxygen atoms in total. The molecule has 0 aliphatic heterocycles. The van der Waals surface area contributed by atoms with Crippen LogP contribution in [0, 0.1) is 6.92 Å². The predicted octanol–water partition coefficient (Wildman–Crippen LogP) is 2.85. The summed E-state index contributed by atoms with van der Waals surface area (Å²) >= 11 is 1.42. The van der Waals surface area contributed by atoms with E-state index in [0.717, 1.165) is 35.9 Å². The van der Waals surface area contributed by atoms with E-state index in [9.17, 15) is 4.79 Å². The minimum atomic E-state index is 0.0129. The van der Waals surface area contributed by atoms with Crippen LogP contribution in [0.2, 0.25) is 0 Å². The first-order valence-corrected chi connectivity index (χ1v) is 10.4. The normalized spacial score (nSPS) is 11.0. The second kappa shape index (κ2) is 9.54. The number of nitrogens with zero attached hydrogens (tertiary/aromatic N) is 5. The van der Waals surface area contributed by atoms with Crippen molar-refractivity contribution in [2.24, 2.45) is 7.05 Å². The van der Waals surface area contributed by atoms with Crippen molar-refractivity contribution in [1.82, 2.24) is 29.9 Å². The Bertz CT molecular complexity index is 932. The lowest BCUT2D eigenvalue weighted by Gasteiger charge is -2.08. The largest absolute Gasteiger partial charge is 0.355 e. The molecular weight excluding hydrogens is 372 g/mol. The monoisotopic (exact) mass is 398 g/mol. The van der Waals surface area contributed by atoms with Gasteiger partial charge >= 0.3 is 0 Å². The first-order chi connectivity index (χ1) is 13.6. The van der Waals surface area contributed by atoms with Crippen molar-refractivity contribution in [2.75, 3.05) is 12.3 Å². The third-order valence-electron chi connectivity index (χ3n) is 4.36. The summed E-state index contributed by atoms with van der Waals surface area (Å²) in [6, 6.07) is 8.21. The standard InChI is InChI=1S/C20H26N6OS/c1-4-26-19(17-9-5-7-15(2)11-17)23-24-20(26)28-14-18(27)21-10-6-8-16-12-22-25(3)13-16/h5,7,9,11-13H,4,6,8,10,14H2,1-3H3,(H,21,27). The molecule has 0 unspecified atom stereocenters. The van der Waals surface area contributed by atoms with Gasteiger partial charge in [-0.15, -0.1) is 10.2 Å². The van der Waals surface area contributed by atoms with Crippen molar-refractivity contribution in [3.63, 3.8) is 0 Å². The molecule has 28 heavy (non-hydrogen) atoms. The fraction of sp³-hybridized carbons (Fsp3) is 0.400. The van der Waals surface area contributed by atoms with E-state index in [0.29, 0.717) is 12.3 Å². The summed E-state index contributed by atoms with van der Waals surface area (Å²) in [6.45, 7) is 5.53. The third kappa shape index (κ3) is 5.22. The number of amides is 1. The van der Waals surface area contributed by atoms with Crippen LogP contribution in [0.5, 0.6) is 0 Å². The number of carbonyl (C=O) groups is 1. The van der Waals surface area contributed by atoms with E-state index in [1.165, 1.54) is 22.9 Å². The molecule has 8 heteroatoms. The lowest BCUT2D eigenvalue weighted by Crippen LogP contribution is -2.26. The highest BCUT2D eigenvalue weighted by molar-refractivity contribution is 7.99. The summed E-state index contributed by atoms with van der Waals surface area (Å²) in [4.78, 5) is 12.1. The van der Waals surface area contributed by atoms with Gasteiger partial charge in [0.1, 0.15) is 0 Å². The number of hydrogen-bond donors (Lipinski definition) is 1. The summed E-state index contributed by atoms with van der Waals surface area (Å²) < 4.78 is 3.84. The Morgan fingerprint density at radius 2 is 2.14 bits per heavy atom. The maximum Gasteiger partial charge on any atom is 0.230 e. The van der Waals surface area contributed by atoms with Gasteiger partial charge in [-0.3, -0.25) is 9.48 Å². The molecule has 0 fully saturated rings. The van der Waals surface area contributed by atoms with Crippen LogP contribution in [0.25, 0.3) is 11.4 Å². The molecule has 0 spiro atoms. The van der Waals surface area contributed by atoms with Crippen molar-refractivity contribution >= 4 is 17.7 Å². The molecule has 0 aliphatic carbocycles. The number of thioether (sulfide) groups is 1. The molecular formula is C20H26N6OS. The highest BCUT2D eigenvalue weighted by atomic mass is 32.2. The lowest BCUT2D eigenvalue weighted by atomic mass is 10.1. The second-order valence-electron chi connectivity index (χ2n) is 6.68. The summed E-state index contributed by atoms with van der Waals surface area (Å²) in [7, 11) is 1.90. The molecule has 0 saturated carbocycles. The molecule has 1 aromatic carbocycles. The Morgan fingerprint density at radius 3 is 2.86 bits per heavy atom. The average Bonchev–Trinajstić information content (AvgIpc) is 3.29. The number of rotatable bonds is 9. The number of nitrogens with one attached hydrogen (secondary N) is 1. The maximum absolute atomic E-state index is 12.1. The van der Waals surface area contributed by atoms with Crippen molar-refractivity contribution < 1.29 is 4.79 Å². The Balaban J connectivity index is 1.49. The first kappa shape index (κ1) is 20.1. The van der Waals surface area contributed by atoms with Crippen LogP contribution in [0.15, 0.2) is 41.8 Å². The summed E-state index contributed by atoms with van der Waals surface area (Å²) in [5.41, 5.74) is 3.41. The van der Waals surface area contributed by atoms with E-state index >= 15 is 0 Å². The lowest BCUT2D eigenvalue weighted by molar-refractivity contribution is -0.118. The summed E-state index contributed by atoms with van der Waals surface area (Å²) in [6.07, 6.45) is 5.66. The zero-order valence-electron chi connectivity index (χ0n) is 16.6. The number of carbonyl (C=O) groups excluding carboxylic acids is 1. The molecule has 3 aromatic rings. The van der Waals surface area contributed by atoms with Gasteiger partial charge in [-0.1, -0.05) is 35.5 Å². The number of aromatic nitrogens is 5. The molecule has 0 atom stereocenters. The zero-order chi connectivity index (χ0) is 19.9. The molecule has 0 saturated heterocycles. The SMILES string of the molecule is CCn1c(SCC(=O)NCCCc2cnn(C)c2)nnc1-c1cccc(C)c1. The molecule has 1 N–H and O–H groups in total. The van der Waals surface area contributed by atoms with Crippen molar-refractivity contribution in [3.8, 4) is 11.4 Å². The van der Waals surface area contributed by atoms with E-state index in [2.05, 4.69) is 51.2 Å². The highest BCUT2D eigenvalue weighted by Crippen LogP contribution is 2.24. The molecule has 2 heterocycles. The molecule has 0 radical (unpaired) electrons. The van der Waals surface area contributed by atoms with E-state index in [1.54, 1.807) is 4.68 Å². The summed E-state index contributed by atoms with van der Waals surface area (Å²) in [5, 5.41) is 16.5. The van der Waals surface area contributed by atoms with Gasteiger partial charge in [0.2, 0.25) is 5.91 Å². The van der Waals surface area contributed by atoms with E-state index in [1.807, 2.05) is 31.6 Å². The minimum absolute atomic E-state index is 0.0129. The van der Waals surface area contributed by atoms with Gasteiger partial charge in [0, 0.05) is 31.9 Å². The van der Waals surface area contributed by atoms with Crippen LogP contribution in [0.4, 0.5) is 0 Å². The van der Waals surface area contributed by atoms with Crippen molar-refractivity contribution in [3.05, 3.63) is 47.8 Å². The molecule has 2 aromatic heterocycles. The molecule has 0 bridgehead atoms. The minimum Gasteiger partial charge on any atom is -0.355 e. The first-order valence-electron chi connectivity index (χ1n) is 9.44. The van der Waals surface area contributed by atoms with Crippen LogP contribution < -0.4 is 5.32 Å². The number of hydrogen-bond acceptors (Lipinski definition) is 5. The van der Waals surface area contributed by atoms with Gasteiger partial charge in [-0.2, -0.15) is 5.10 Å². The Hall–Kier alpha value is -2.61. The maximum atomic E-state index is 12.1. The fourth-order valence-electron chi connectivity index (χ4n) is 2.98. The van der Waals surface area contributed by atoms with Crippen LogP contribution in [-0.2, 0) is 24.8 Å².